The van der Waals surface area contributed by atoms with Gasteiger partial charge in [0.1, 0.15) is 12.2 Å². The number of hydrogen-bond acceptors (Lipinski definition) is 7. The Morgan fingerprint density at radius 1 is 0.902 bits per heavy atom. The number of carbonyl (C=O) groups excluding carboxylic acids is 2. The number of amides is 2. The number of ether oxygens (including phenoxy) is 1. The molecule has 0 bridgehead atoms. The van der Waals surface area contributed by atoms with Crippen LogP contribution in [0.1, 0.15) is 26.9 Å². The number of nitrogens with zero attached hydrogens (tertiary/aromatic N) is 1. The van der Waals surface area contributed by atoms with E-state index in [1.54, 1.807) is 0 Å². The van der Waals surface area contributed by atoms with Gasteiger partial charge in [0, 0.05) is 32.3 Å². The third-order valence-corrected chi connectivity index (χ3v) is 8.74. The second kappa shape index (κ2) is 8.39. The van der Waals surface area contributed by atoms with Crippen molar-refractivity contribution in [1.29, 1.82) is 0 Å². The number of nitrogens with one attached hydrogen (secondary N) is 1. The van der Waals surface area contributed by atoms with Crippen LogP contribution in [0.4, 0.5) is 26.3 Å². The maximum atomic E-state index is 14.6. The summed E-state index contributed by atoms with van der Waals surface area (Å²) in [5, 5.41) is 32.4. The van der Waals surface area contributed by atoms with Crippen molar-refractivity contribution in [1.82, 2.24) is 9.88 Å². The molecule has 5 aromatic rings. The quantitative estimate of drug-likeness (QED) is 0.182. The van der Waals surface area contributed by atoms with Gasteiger partial charge in [-0.05, 0) is 18.2 Å². The van der Waals surface area contributed by atoms with Gasteiger partial charge in [-0.25, -0.2) is 26.3 Å². The summed E-state index contributed by atoms with van der Waals surface area (Å²) >= 11 is 0.790. The van der Waals surface area contributed by atoms with E-state index in [0.29, 0.717) is 12.1 Å². The monoisotopic (exact) mass is 596 g/mol. The number of halogens is 6. The van der Waals surface area contributed by atoms with Gasteiger partial charge in [0.05, 0.1) is 33.5 Å². The maximum absolute atomic E-state index is 14.6. The molecule has 2 aliphatic heterocycles. The zero-order chi connectivity index (χ0) is 29.3. The Balaban J connectivity index is 1.73. The van der Waals surface area contributed by atoms with Crippen LogP contribution in [0.3, 0.4) is 0 Å². The standard InChI is InChI=1S/C26H14F6N2O6S/c27-8-1-6-12(3-10(8)29)34(25-20(36)22(37)26(31,32)14(5-35)40-25)19-15(6)17-18(24(39)33-23(17)38)16-7-2-9(28)11(30)4-13(7)41-21(16)19/h1-4,14,20,22,25,35-37H,5H2,(H,33,38,39)/t14-,20-,22-,25?/m1/s1. The van der Waals surface area contributed by atoms with Crippen LogP contribution in [0.15, 0.2) is 24.3 Å². The number of fused-ring (bicyclic) bond motifs is 10. The van der Waals surface area contributed by atoms with Crippen molar-refractivity contribution in [3.63, 3.8) is 0 Å². The fourth-order valence-electron chi connectivity index (χ4n) is 5.78. The van der Waals surface area contributed by atoms with Crippen molar-refractivity contribution in [3.8, 4) is 0 Å². The molecule has 2 aliphatic rings. The Morgan fingerprint density at radius 3 is 2.15 bits per heavy atom. The molecular weight excluding hydrogens is 582 g/mol. The van der Waals surface area contributed by atoms with E-state index in [0.717, 1.165) is 28.0 Å². The highest BCUT2D eigenvalue weighted by atomic mass is 32.1. The first kappa shape index (κ1) is 26.2. The zero-order valence-electron chi connectivity index (χ0n) is 20.0. The number of aromatic nitrogens is 1. The molecule has 8 nitrogen and oxygen atoms in total. The summed E-state index contributed by atoms with van der Waals surface area (Å²) in [5.74, 6) is -11.3. The Kier molecular flexibility index (Phi) is 5.35. The van der Waals surface area contributed by atoms with E-state index in [2.05, 4.69) is 5.32 Å². The lowest BCUT2D eigenvalue weighted by atomic mass is 9.96. The van der Waals surface area contributed by atoms with Crippen molar-refractivity contribution in [2.75, 3.05) is 6.61 Å². The summed E-state index contributed by atoms with van der Waals surface area (Å²) in [5.41, 5.74) is -1.06. The SMILES string of the molecule is O=C1NC(=O)c2c1c1c3cc(F)c(F)cc3sc1c1c2c2cc(F)c(F)cc2n1C1O[C@H](CO)C(F)(F)[C@H](O)[C@H]1O. The molecule has 15 heteroatoms. The third kappa shape index (κ3) is 3.26. The first-order valence-corrected chi connectivity index (χ1v) is 12.7. The molecule has 1 fully saturated rings. The third-order valence-electron chi connectivity index (χ3n) is 7.59. The lowest BCUT2D eigenvalue weighted by molar-refractivity contribution is -0.309. The molecule has 4 heterocycles. The average Bonchev–Trinajstić information content (AvgIpc) is 3.52. The highest BCUT2D eigenvalue weighted by Crippen LogP contribution is 2.50. The topological polar surface area (TPSA) is 121 Å². The summed E-state index contributed by atoms with van der Waals surface area (Å²) in [4.78, 5) is 26.1. The van der Waals surface area contributed by atoms with Crippen LogP contribution >= 0.6 is 11.3 Å². The summed E-state index contributed by atoms with van der Waals surface area (Å²) in [6.45, 7) is -1.31. The van der Waals surface area contributed by atoms with Crippen LogP contribution in [0.25, 0.3) is 42.0 Å². The van der Waals surface area contributed by atoms with Crippen LogP contribution in [-0.2, 0) is 4.74 Å². The molecule has 0 saturated carbocycles. The van der Waals surface area contributed by atoms with E-state index in [1.807, 2.05) is 0 Å². The number of aliphatic hydroxyl groups is 3. The number of imide groups is 1. The number of carbonyl (C=O) groups is 2. The summed E-state index contributed by atoms with van der Waals surface area (Å²) in [7, 11) is 0. The van der Waals surface area contributed by atoms with E-state index in [1.165, 1.54) is 0 Å². The molecule has 4 atom stereocenters. The first-order chi connectivity index (χ1) is 19.4. The van der Waals surface area contributed by atoms with Gasteiger partial charge < -0.3 is 24.6 Å². The summed E-state index contributed by atoms with van der Waals surface area (Å²) in [6, 6.07) is 2.98. The van der Waals surface area contributed by atoms with Crippen LogP contribution in [0.5, 0.6) is 0 Å². The minimum Gasteiger partial charge on any atom is -0.393 e. The number of thiophene rings is 1. The molecule has 0 radical (unpaired) electrons. The predicted molar refractivity (Wildman–Crippen MR) is 132 cm³/mol. The lowest BCUT2D eigenvalue weighted by Crippen LogP contribution is -2.60. The van der Waals surface area contributed by atoms with E-state index < -0.39 is 72.2 Å². The molecule has 7 rings (SSSR count). The first-order valence-electron chi connectivity index (χ1n) is 11.9. The van der Waals surface area contributed by atoms with Gasteiger partial charge in [0.25, 0.3) is 11.8 Å². The minimum atomic E-state index is -4.13. The van der Waals surface area contributed by atoms with Crippen LogP contribution in [0.2, 0.25) is 0 Å². The van der Waals surface area contributed by atoms with Crippen molar-refractivity contribution in [2.45, 2.75) is 30.5 Å². The Hall–Kier alpha value is -3.76. The van der Waals surface area contributed by atoms with Gasteiger partial charge in [0.15, 0.2) is 35.6 Å². The fourth-order valence-corrected chi connectivity index (χ4v) is 7.04. The molecule has 3 aromatic carbocycles. The zero-order valence-corrected chi connectivity index (χ0v) is 20.8. The molecule has 2 aromatic heterocycles. The second-order valence-corrected chi connectivity index (χ2v) is 10.8. The molecule has 212 valence electrons. The van der Waals surface area contributed by atoms with Crippen LogP contribution in [-0.4, -0.2) is 62.5 Å². The average molecular weight is 596 g/mol. The van der Waals surface area contributed by atoms with Crippen molar-refractivity contribution < 1.29 is 56.0 Å². The van der Waals surface area contributed by atoms with Gasteiger partial charge in [-0.15, -0.1) is 11.3 Å². The Morgan fingerprint density at radius 2 is 1.49 bits per heavy atom. The predicted octanol–water partition coefficient (Wildman–Crippen LogP) is 3.85. The van der Waals surface area contributed by atoms with Gasteiger partial charge in [-0.3, -0.25) is 14.9 Å². The van der Waals surface area contributed by atoms with E-state index in [-0.39, 0.29) is 53.1 Å². The van der Waals surface area contributed by atoms with Gasteiger partial charge >= 0.3 is 5.92 Å². The highest BCUT2D eigenvalue weighted by Gasteiger charge is 2.58. The molecule has 0 aliphatic carbocycles. The molecular formula is C26H14F6N2O6S. The normalized spacial score (nSPS) is 24.2. The molecule has 41 heavy (non-hydrogen) atoms. The smallest absolute Gasteiger partial charge is 0.304 e. The summed E-state index contributed by atoms with van der Waals surface area (Å²) < 4.78 is 93.5. The molecule has 1 unspecified atom stereocenters. The van der Waals surface area contributed by atoms with E-state index in [9.17, 15) is 51.3 Å². The molecule has 0 spiro atoms. The van der Waals surface area contributed by atoms with E-state index >= 15 is 0 Å². The molecule has 4 N–H and O–H groups in total. The van der Waals surface area contributed by atoms with Crippen LogP contribution in [0, 0.1) is 23.3 Å². The van der Waals surface area contributed by atoms with Gasteiger partial charge in [0.2, 0.25) is 0 Å². The highest BCUT2D eigenvalue weighted by molar-refractivity contribution is 7.26. The minimum absolute atomic E-state index is 0.00554. The fraction of sp³-hybridized carbons (Fsp3) is 0.231. The van der Waals surface area contributed by atoms with Crippen LogP contribution < -0.4 is 5.32 Å². The number of hydrogen-bond donors (Lipinski definition) is 4. The molecule has 1 saturated heterocycles. The second-order valence-electron chi connectivity index (χ2n) is 9.79. The Bertz CT molecular complexity index is 2020. The van der Waals surface area contributed by atoms with Crippen molar-refractivity contribution in [2.24, 2.45) is 0 Å². The Labute approximate surface area is 226 Å². The van der Waals surface area contributed by atoms with E-state index in [4.69, 9.17) is 4.74 Å². The van der Waals surface area contributed by atoms with Crippen molar-refractivity contribution >= 4 is 65.1 Å². The lowest BCUT2D eigenvalue weighted by Gasteiger charge is -2.42. The number of alkyl halides is 2. The maximum Gasteiger partial charge on any atom is 0.304 e. The van der Waals surface area contributed by atoms with Crippen molar-refractivity contribution in [3.05, 3.63) is 58.7 Å². The van der Waals surface area contributed by atoms with Gasteiger partial charge in [-0.2, -0.15) is 0 Å². The molecule has 2 amide bonds. The summed E-state index contributed by atoms with van der Waals surface area (Å²) in [6.07, 6.45) is -9.55. The number of benzene rings is 3. The largest absolute Gasteiger partial charge is 0.393 e. The number of rotatable bonds is 2. The number of aliphatic hydroxyl groups excluding tert-OH is 3. The van der Waals surface area contributed by atoms with Gasteiger partial charge in [-0.1, -0.05) is 0 Å².